The third-order valence-electron chi connectivity index (χ3n) is 1.97. The Morgan fingerprint density at radius 3 is 2.12 bits per heavy atom. The lowest BCUT2D eigenvalue weighted by molar-refractivity contribution is -0.121. The van der Waals surface area contributed by atoms with Gasteiger partial charge in [0, 0.05) is 32.4 Å². The molecule has 0 aliphatic carbocycles. The van der Waals surface area contributed by atoms with Gasteiger partial charge >= 0.3 is 0 Å². The summed E-state index contributed by atoms with van der Waals surface area (Å²) in [5.74, 6) is 0. The average Bonchev–Trinajstić information content (AvgIpc) is 2.10. The Hall–Kier alpha value is -0.550. The summed E-state index contributed by atoms with van der Waals surface area (Å²) in [5.41, 5.74) is 0.0417. The van der Waals surface area contributed by atoms with Crippen LogP contribution in [-0.2, 0) is 14.3 Å². The highest BCUT2D eigenvalue weighted by Gasteiger charge is 2.26. The summed E-state index contributed by atoms with van der Waals surface area (Å²) in [6.45, 7) is 9.07. The second-order valence-corrected chi connectivity index (χ2v) is 6.08. The first-order valence-corrected chi connectivity index (χ1v) is 6.08. The van der Waals surface area contributed by atoms with Crippen molar-refractivity contribution in [2.45, 2.75) is 38.5 Å². The molecule has 1 saturated heterocycles. The van der Waals surface area contributed by atoms with Gasteiger partial charge in [-0.15, -0.1) is 0 Å². The van der Waals surface area contributed by atoms with Crippen molar-refractivity contribution in [3.05, 3.63) is 0 Å². The zero-order valence-corrected chi connectivity index (χ0v) is 11.5. The molecule has 1 aliphatic heterocycles. The number of carbonyl (C=O) groups is 2. The maximum absolute atomic E-state index is 10.5. The molecular formula is C11H21NO3S. The van der Waals surface area contributed by atoms with E-state index in [1.165, 1.54) is 11.8 Å². The second-order valence-electron chi connectivity index (χ2n) is 4.61. The van der Waals surface area contributed by atoms with Gasteiger partial charge in [-0.05, 0) is 20.8 Å². The number of methoxy groups -OCH3 is 1. The van der Waals surface area contributed by atoms with Gasteiger partial charge in [0.2, 0.25) is 6.41 Å². The summed E-state index contributed by atoms with van der Waals surface area (Å²) in [4.78, 5) is 22.2. The first kappa shape index (κ1) is 15.4. The minimum atomic E-state index is 0.0417. The van der Waals surface area contributed by atoms with E-state index in [0.29, 0.717) is 5.25 Å². The van der Waals surface area contributed by atoms with Crippen LogP contribution in [0.1, 0.15) is 27.7 Å². The van der Waals surface area contributed by atoms with Gasteiger partial charge in [0.05, 0.1) is 5.60 Å². The highest BCUT2D eigenvalue weighted by Crippen LogP contribution is 2.20. The number of nitrogens with zero attached hydrogens (tertiary/aromatic N) is 1. The number of hydrogen-bond acceptors (Lipinski definition) is 4. The fourth-order valence-electron chi connectivity index (χ4n) is 0.865. The van der Waals surface area contributed by atoms with Crippen molar-refractivity contribution in [1.82, 2.24) is 4.90 Å². The number of thioether (sulfide) groups is 1. The molecule has 5 heteroatoms. The largest absolute Gasteiger partial charge is 0.379 e. The van der Waals surface area contributed by atoms with Crippen molar-refractivity contribution in [2.24, 2.45) is 0 Å². The molecule has 0 radical (unpaired) electrons. The van der Waals surface area contributed by atoms with Crippen molar-refractivity contribution in [2.75, 3.05) is 20.2 Å². The highest BCUT2D eigenvalue weighted by atomic mass is 32.2. The Labute approximate surface area is 102 Å². The molecular weight excluding hydrogens is 226 g/mol. The first-order valence-electron chi connectivity index (χ1n) is 5.20. The molecule has 1 heterocycles. The molecule has 0 N–H and O–H groups in total. The molecule has 0 unspecified atom stereocenters. The van der Waals surface area contributed by atoms with E-state index >= 15 is 0 Å². The predicted octanol–water partition coefficient (Wildman–Crippen LogP) is 1.54. The zero-order chi connectivity index (χ0) is 12.8. The monoisotopic (exact) mass is 247 g/mol. The Morgan fingerprint density at radius 1 is 1.44 bits per heavy atom. The van der Waals surface area contributed by atoms with Crippen LogP contribution in [0.4, 0.5) is 0 Å². The normalized spacial score (nSPS) is 15.9. The van der Waals surface area contributed by atoms with Crippen LogP contribution < -0.4 is 0 Å². The van der Waals surface area contributed by atoms with Gasteiger partial charge in [-0.2, -0.15) is 0 Å². The Bertz CT molecular complexity index is 232. The van der Waals surface area contributed by atoms with Crippen LogP contribution in [0, 0.1) is 0 Å². The molecule has 0 aromatic rings. The van der Waals surface area contributed by atoms with Gasteiger partial charge in [0.1, 0.15) is 0 Å². The van der Waals surface area contributed by atoms with Crippen LogP contribution in [0.5, 0.6) is 0 Å². The molecule has 1 aliphatic rings. The van der Waals surface area contributed by atoms with Crippen molar-refractivity contribution >= 4 is 23.3 Å². The van der Waals surface area contributed by atoms with E-state index in [2.05, 4.69) is 0 Å². The van der Waals surface area contributed by atoms with Crippen molar-refractivity contribution < 1.29 is 14.3 Å². The minimum absolute atomic E-state index is 0.0417. The number of ether oxygens (including phenoxy) is 1. The Balaban J connectivity index is 0.000000325. The van der Waals surface area contributed by atoms with Crippen LogP contribution in [0.25, 0.3) is 0 Å². The van der Waals surface area contributed by atoms with E-state index in [4.69, 9.17) is 4.74 Å². The molecule has 4 nitrogen and oxygen atoms in total. The van der Waals surface area contributed by atoms with Gasteiger partial charge in [0.25, 0.3) is 0 Å². The highest BCUT2D eigenvalue weighted by molar-refractivity contribution is 8.14. The fraction of sp³-hybridized carbons (Fsp3) is 0.818. The van der Waals surface area contributed by atoms with Gasteiger partial charge < -0.3 is 9.64 Å². The maximum atomic E-state index is 10.5. The van der Waals surface area contributed by atoms with Crippen LogP contribution in [0.2, 0.25) is 0 Å². The number of rotatable bonds is 2. The quantitative estimate of drug-likeness (QED) is 0.694. The van der Waals surface area contributed by atoms with E-state index < -0.39 is 0 Å². The fourth-order valence-corrected chi connectivity index (χ4v) is 1.87. The first-order chi connectivity index (χ1) is 7.28. The van der Waals surface area contributed by atoms with E-state index in [0.717, 1.165) is 19.5 Å². The predicted molar refractivity (Wildman–Crippen MR) is 66.5 cm³/mol. The molecule has 0 aromatic carbocycles. The van der Waals surface area contributed by atoms with Crippen molar-refractivity contribution in [3.63, 3.8) is 0 Å². The van der Waals surface area contributed by atoms with Gasteiger partial charge in [-0.3, -0.25) is 9.59 Å². The number of hydrogen-bond donors (Lipinski definition) is 0. The zero-order valence-electron chi connectivity index (χ0n) is 10.6. The smallest absolute Gasteiger partial charge is 0.209 e. The van der Waals surface area contributed by atoms with E-state index in [1.807, 2.05) is 20.8 Å². The summed E-state index contributed by atoms with van der Waals surface area (Å²) >= 11 is 1.32. The maximum Gasteiger partial charge on any atom is 0.209 e. The standard InChI is InChI=1S/C6H9NO2S.C5H12O/c1-5(9)10-6-2-7(3-6)4-8;1-5(2,3)6-4/h4,6H,2-3H2,1H3;1-4H3. The van der Waals surface area contributed by atoms with Crippen molar-refractivity contribution in [3.8, 4) is 0 Å². The van der Waals surface area contributed by atoms with Gasteiger partial charge in [-0.1, -0.05) is 11.8 Å². The van der Waals surface area contributed by atoms with Gasteiger partial charge in [-0.25, -0.2) is 0 Å². The third-order valence-corrected chi connectivity index (χ3v) is 2.93. The lowest BCUT2D eigenvalue weighted by atomic mass is 10.2. The third kappa shape index (κ3) is 7.70. The Morgan fingerprint density at radius 2 is 1.88 bits per heavy atom. The summed E-state index contributed by atoms with van der Waals surface area (Å²) in [7, 11) is 1.71. The molecule has 0 bridgehead atoms. The summed E-state index contributed by atoms with van der Waals surface area (Å²) in [5, 5.41) is 0.484. The summed E-state index contributed by atoms with van der Waals surface area (Å²) in [6, 6.07) is 0. The second kappa shape index (κ2) is 6.91. The molecule has 94 valence electrons. The molecule has 0 spiro atoms. The van der Waals surface area contributed by atoms with E-state index in [-0.39, 0.29) is 10.7 Å². The van der Waals surface area contributed by atoms with Crippen molar-refractivity contribution in [1.29, 1.82) is 0 Å². The molecule has 1 rings (SSSR count). The number of carbonyl (C=O) groups excluding carboxylic acids is 2. The van der Waals surface area contributed by atoms with Crippen LogP contribution in [0.3, 0.4) is 0 Å². The molecule has 1 amide bonds. The molecule has 16 heavy (non-hydrogen) atoms. The van der Waals surface area contributed by atoms with Crippen LogP contribution >= 0.6 is 11.8 Å². The van der Waals surface area contributed by atoms with E-state index in [9.17, 15) is 9.59 Å². The summed E-state index contributed by atoms with van der Waals surface area (Å²) in [6.07, 6.45) is 0.817. The van der Waals surface area contributed by atoms with Crippen LogP contribution in [0.15, 0.2) is 0 Å². The van der Waals surface area contributed by atoms with Gasteiger partial charge in [0.15, 0.2) is 5.12 Å². The average molecular weight is 247 g/mol. The lowest BCUT2D eigenvalue weighted by Gasteiger charge is -2.34. The molecule has 0 aromatic heterocycles. The topological polar surface area (TPSA) is 46.6 Å². The number of amides is 1. The van der Waals surface area contributed by atoms with E-state index in [1.54, 1.807) is 18.9 Å². The molecule has 0 atom stereocenters. The van der Waals surface area contributed by atoms with Crippen LogP contribution in [-0.4, -0.2) is 47.5 Å². The minimum Gasteiger partial charge on any atom is -0.379 e. The lowest BCUT2D eigenvalue weighted by Crippen LogP contribution is -2.48. The molecule has 0 saturated carbocycles. The SMILES string of the molecule is CC(=O)SC1CN(C=O)C1.COC(C)(C)C. The summed E-state index contributed by atoms with van der Waals surface area (Å²) < 4.78 is 4.94. The number of likely N-dealkylation sites (tertiary alicyclic amines) is 1. The molecule has 1 fully saturated rings. The Kier molecular flexibility index (Phi) is 6.67.